The van der Waals surface area contributed by atoms with Gasteiger partial charge in [0.25, 0.3) is 0 Å². The molecule has 3 atom stereocenters. The van der Waals surface area contributed by atoms with Gasteiger partial charge >= 0.3 is 0 Å². The maximum absolute atomic E-state index is 12.8. The third kappa shape index (κ3) is 7.84. The highest BCUT2D eigenvalue weighted by atomic mass is 31.2. The van der Waals surface area contributed by atoms with Crippen LogP contribution in [0.15, 0.2) is 0 Å². The van der Waals surface area contributed by atoms with Gasteiger partial charge in [-0.05, 0) is 31.1 Å². The van der Waals surface area contributed by atoms with E-state index < -0.39 is 7.37 Å². The average Bonchev–Trinajstić information content (AvgIpc) is 2.38. The molecule has 0 aromatic rings. The van der Waals surface area contributed by atoms with Gasteiger partial charge in [0.2, 0.25) is 7.37 Å². The Bertz CT molecular complexity index is 276. The summed E-state index contributed by atoms with van der Waals surface area (Å²) < 4.78 is 12.8. The van der Waals surface area contributed by atoms with Crippen LogP contribution < -0.4 is 0 Å². The minimum absolute atomic E-state index is 0.0373. The van der Waals surface area contributed by atoms with Crippen LogP contribution in [0.4, 0.5) is 0 Å². The molecular weight excluding hydrogens is 267 g/mol. The van der Waals surface area contributed by atoms with Crippen LogP contribution in [0.3, 0.4) is 0 Å². The predicted octanol–water partition coefficient (Wildman–Crippen LogP) is 6.08. The van der Waals surface area contributed by atoms with E-state index in [2.05, 4.69) is 34.6 Å². The second kappa shape index (κ2) is 10.9. The van der Waals surface area contributed by atoms with Gasteiger partial charge in [0.05, 0.1) is 0 Å². The zero-order valence-electron chi connectivity index (χ0n) is 14.4. The van der Waals surface area contributed by atoms with E-state index in [1.165, 1.54) is 12.8 Å². The molecule has 0 aliphatic carbocycles. The van der Waals surface area contributed by atoms with E-state index in [1.54, 1.807) is 0 Å². The number of hydrogen-bond acceptors (Lipinski definition) is 1. The summed E-state index contributed by atoms with van der Waals surface area (Å²) in [5.74, 6) is 0.919. The Morgan fingerprint density at radius 2 is 1.45 bits per heavy atom. The summed E-state index contributed by atoms with van der Waals surface area (Å²) in [6, 6.07) is 0. The van der Waals surface area contributed by atoms with Crippen molar-refractivity contribution >= 4 is 7.37 Å². The first-order valence-electron chi connectivity index (χ1n) is 8.70. The predicted molar refractivity (Wildman–Crippen MR) is 90.8 cm³/mol. The lowest BCUT2D eigenvalue weighted by atomic mass is 9.92. The molecule has 0 fully saturated rings. The molecule has 0 amide bonds. The standard InChI is InChI=1S/C17H37O2P/c1-6-9-12-16(15(4)5)14-20(18,19)17(11-8-3)13-10-7-2/h15-17H,6-14H2,1-5H3,(H,18,19). The van der Waals surface area contributed by atoms with Crippen LogP contribution in [0.1, 0.15) is 86.0 Å². The zero-order chi connectivity index (χ0) is 15.6. The van der Waals surface area contributed by atoms with Gasteiger partial charge in [0.15, 0.2) is 0 Å². The van der Waals surface area contributed by atoms with Crippen molar-refractivity contribution < 1.29 is 9.46 Å². The fourth-order valence-electron chi connectivity index (χ4n) is 2.91. The second-order valence-electron chi connectivity index (χ2n) is 6.67. The van der Waals surface area contributed by atoms with E-state index >= 15 is 0 Å². The van der Waals surface area contributed by atoms with Crippen LogP contribution in [0, 0.1) is 11.8 Å². The fourth-order valence-corrected chi connectivity index (χ4v) is 5.73. The Labute approximate surface area is 127 Å². The smallest absolute Gasteiger partial charge is 0.203 e. The molecule has 2 nitrogen and oxygen atoms in total. The summed E-state index contributed by atoms with van der Waals surface area (Å²) >= 11 is 0. The van der Waals surface area contributed by atoms with Gasteiger partial charge in [-0.2, -0.15) is 0 Å². The van der Waals surface area contributed by atoms with Crippen LogP contribution in [0.25, 0.3) is 0 Å². The second-order valence-corrected chi connectivity index (χ2v) is 9.28. The molecule has 0 spiro atoms. The van der Waals surface area contributed by atoms with Gasteiger partial charge in [-0.15, -0.1) is 0 Å². The summed E-state index contributed by atoms with van der Waals surface area (Å²) in [6.07, 6.45) is 9.04. The molecule has 0 bridgehead atoms. The molecule has 3 unspecified atom stereocenters. The van der Waals surface area contributed by atoms with Crippen LogP contribution in [0.2, 0.25) is 0 Å². The van der Waals surface area contributed by atoms with Gasteiger partial charge in [0.1, 0.15) is 0 Å². The molecular formula is C17H37O2P. The van der Waals surface area contributed by atoms with Crippen molar-refractivity contribution in [3.63, 3.8) is 0 Å². The number of rotatable bonds is 12. The topological polar surface area (TPSA) is 37.3 Å². The Morgan fingerprint density at radius 3 is 1.90 bits per heavy atom. The molecule has 0 saturated heterocycles. The van der Waals surface area contributed by atoms with E-state index in [0.29, 0.717) is 18.0 Å². The molecule has 0 aromatic carbocycles. The normalized spacial score (nSPS) is 17.9. The van der Waals surface area contributed by atoms with E-state index in [9.17, 15) is 9.46 Å². The minimum Gasteiger partial charge on any atom is -0.344 e. The number of hydrogen-bond donors (Lipinski definition) is 1. The van der Waals surface area contributed by atoms with Crippen molar-refractivity contribution in [1.29, 1.82) is 0 Å². The van der Waals surface area contributed by atoms with E-state index in [1.807, 2.05) is 0 Å². The molecule has 0 radical (unpaired) electrons. The van der Waals surface area contributed by atoms with E-state index in [-0.39, 0.29) is 5.66 Å². The Hall–Kier alpha value is 0.190. The molecule has 1 N–H and O–H groups in total. The molecule has 0 aliphatic heterocycles. The third-order valence-electron chi connectivity index (χ3n) is 4.45. The highest BCUT2D eigenvalue weighted by molar-refractivity contribution is 7.58. The van der Waals surface area contributed by atoms with Crippen molar-refractivity contribution in [2.24, 2.45) is 11.8 Å². The van der Waals surface area contributed by atoms with Crippen molar-refractivity contribution in [2.75, 3.05) is 6.16 Å². The lowest BCUT2D eigenvalue weighted by Gasteiger charge is -2.28. The Balaban J connectivity index is 4.72. The monoisotopic (exact) mass is 304 g/mol. The van der Waals surface area contributed by atoms with Crippen LogP contribution in [-0.2, 0) is 4.57 Å². The van der Waals surface area contributed by atoms with Gasteiger partial charge in [-0.1, -0.05) is 66.7 Å². The maximum atomic E-state index is 12.8. The van der Waals surface area contributed by atoms with E-state index in [0.717, 1.165) is 38.5 Å². The fraction of sp³-hybridized carbons (Fsp3) is 1.00. The van der Waals surface area contributed by atoms with Crippen molar-refractivity contribution in [2.45, 2.75) is 91.6 Å². The van der Waals surface area contributed by atoms with Gasteiger partial charge < -0.3 is 4.89 Å². The molecule has 0 rings (SSSR count). The molecule has 0 aromatic heterocycles. The highest BCUT2D eigenvalue weighted by Gasteiger charge is 2.33. The molecule has 0 aliphatic rings. The number of unbranched alkanes of at least 4 members (excludes halogenated alkanes) is 2. The first-order chi connectivity index (χ1) is 9.38. The molecule has 0 saturated carbocycles. The molecule has 3 heteroatoms. The highest BCUT2D eigenvalue weighted by Crippen LogP contribution is 2.53. The first-order valence-corrected chi connectivity index (χ1v) is 10.6. The van der Waals surface area contributed by atoms with Crippen LogP contribution >= 0.6 is 7.37 Å². The maximum Gasteiger partial charge on any atom is 0.203 e. The summed E-state index contributed by atoms with van der Waals surface area (Å²) in [6.45, 7) is 10.9. The van der Waals surface area contributed by atoms with Crippen molar-refractivity contribution in [3.8, 4) is 0 Å². The Kier molecular flexibility index (Phi) is 11.0. The van der Waals surface area contributed by atoms with Crippen LogP contribution in [-0.4, -0.2) is 16.7 Å². The van der Waals surface area contributed by atoms with Crippen molar-refractivity contribution in [1.82, 2.24) is 0 Å². The minimum atomic E-state index is -3.00. The van der Waals surface area contributed by atoms with Gasteiger partial charge in [-0.25, -0.2) is 0 Å². The molecule has 0 heterocycles. The first kappa shape index (κ1) is 20.2. The summed E-state index contributed by atoms with van der Waals surface area (Å²) in [5, 5.41) is 0. The quantitative estimate of drug-likeness (QED) is 0.444. The lowest BCUT2D eigenvalue weighted by Crippen LogP contribution is -2.19. The summed E-state index contributed by atoms with van der Waals surface area (Å²) in [7, 11) is -3.00. The lowest BCUT2D eigenvalue weighted by molar-refractivity contribution is 0.360. The van der Waals surface area contributed by atoms with Crippen molar-refractivity contribution in [3.05, 3.63) is 0 Å². The SMILES string of the molecule is CCCCC(CP(=O)(O)C(CCC)CCCC)C(C)C. The average molecular weight is 304 g/mol. The Morgan fingerprint density at radius 1 is 0.900 bits per heavy atom. The van der Waals surface area contributed by atoms with Gasteiger partial charge in [0, 0.05) is 11.8 Å². The summed E-state index contributed by atoms with van der Waals surface area (Å²) in [4.78, 5) is 10.6. The summed E-state index contributed by atoms with van der Waals surface area (Å²) in [5.41, 5.74) is 0.0373. The third-order valence-corrected chi connectivity index (χ3v) is 7.10. The van der Waals surface area contributed by atoms with Crippen LogP contribution in [0.5, 0.6) is 0 Å². The van der Waals surface area contributed by atoms with Gasteiger partial charge in [-0.3, -0.25) is 4.57 Å². The molecule has 20 heavy (non-hydrogen) atoms. The zero-order valence-corrected chi connectivity index (χ0v) is 15.3. The molecule has 122 valence electrons. The van der Waals surface area contributed by atoms with E-state index in [4.69, 9.17) is 0 Å². The largest absolute Gasteiger partial charge is 0.344 e.